The molecule has 18 atom stereocenters. The Bertz CT molecular complexity index is 2920. The van der Waals surface area contributed by atoms with Crippen LogP contribution in [0.3, 0.4) is 0 Å². The molecule has 102 heavy (non-hydrogen) atoms. The van der Waals surface area contributed by atoms with Crippen LogP contribution in [0.4, 0.5) is 0 Å². The lowest BCUT2D eigenvalue weighted by atomic mass is 9.81. The zero-order valence-electron chi connectivity index (χ0n) is 66.2. The highest BCUT2D eigenvalue weighted by Gasteiger charge is 2.46. The molecule has 2 aromatic carbocycles. The molecule has 6 amide bonds. The van der Waals surface area contributed by atoms with Crippen LogP contribution < -0.4 is 16.0 Å². The fourth-order valence-corrected chi connectivity index (χ4v) is 15.6. The molecular weight excluding hydrogens is 1300 g/mol. The van der Waals surface area contributed by atoms with Gasteiger partial charge in [-0.2, -0.15) is 0 Å². The number of aliphatic hydroxyl groups excluding tert-OH is 1. The van der Waals surface area contributed by atoms with Crippen LogP contribution in [0.15, 0.2) is 60.7 Å². The highest BCUT2D eigenvalue weighted by Crippen LogP contribution is 2.34. The van der Waals surface area contributed by atoms with Gasteiger partial charge in [-0.1, -0.05) is 171 Å². The molecule has 2 aliphatic rings. The van der Waals surface area contributed by atoms with Crippen molar-refractivity contribution in [2.24, 2.45) is 65.1 Å². The number of Topliss-reactive ketones (excluding diaryl/α,β-unsaturated/α-hetero) is 2. The Kier molecular flexibility index (Phi) is 38.8. The second-order valence-corrected chi connectivity index (χ2v) is 30.6. The number of carbonyl (C=O) groups excluding carboxylic acids is 8. The summed E-state index contributed by atoms with van der Waals surface area (Å²) in [7, 11) is 11.5. The molecule has 0 aliphatic carbocycles. The van der Waals surface area contributed by atoms with Crippen molar-refractivity contribution < 1.29 is 72.3 Å². The number of carboxylic acids is 1. The van der Waals surface area contributed by atoms with Gasteiger partial charge in [0.2, 0.25) is 35.4 Å². The lowest BCUT2D eigenvalue weighted by Crippen LogP contribution is -2.55. The Hall–Kier alpha value is -6.17. The van der Waals surface area contributed by atoms with E-state index in [0.29, 0.717) is 31.5 Å². The van der Waals surface area contributed by atoms with Gasteiger partial charge in [0.1, 0.15) is 11.8 Å². The number of nitrogens with zero attached hydrogens (tertiary/aromatic N) is 4. The van der Waals surface area contributed by atoms with Crippen molar-refractivity contribution in [1.82, 2.24) is 35.6 Å². The smallest absolute Gasteiger partial charge is 0.326 e. The maximum absolute atomic E-state index is 14.2. The van der Waals surface area contributed by atoms with E-state index in [1.54, 1.807) is 82.8 Å². The number of rotatable bonds is 42. The zero-order valence-corrected chi connectivity index (χ0v) is 66.2. The maximum Gasteiger partial charge on any atom is 0.326 e. The Labute approximate surface area is 611 Å². The first-order chi connectivity index (χ1) is 48.0. The van der Waals surface area contributed by atoms with Crippen molar-refractivity contribution in [2.45, 2.75) is 254 Å². The molecule has 22 nitrogen and oxygen atoms in total. The number of hydrogen-bond acceptors (Lipinski definition) is 15. The van der Waals surface area contributed by atoms with Gasteiger partial charge in [-0.25, -0.2) is 4.79 Å². The van der Waals surface area contributed by atoms with E-state index in [-0.39, 0.29) is 127 Å². The van der Waals surface area contributed by atoms with Crippen LogP contribution in [-0.4, -0.2) is 212 Å². The average molecular weight is 1430 g/mol. The predicted molar refractivity (Wildman–Crippen MR) is 399 cm³/mol. The molecule has 0 aromatic heterocycles. The minimum absolute atomic E-state index is 0.00173. The van der Waals surface area contributed by atoms with Gasteiger partial charge in [0.25, 0.3) is 0 Å². The highest BCUT2D eigenvalue weighted by molar-refractivity contribution is 5.91. The van der Waals surface area contributed by atoms with Crippen LogP contribution in [0.2, 0.25) is 0 Å². The Morgan fingerprint density at radius 3 is 1.33 bits per heavy atom. The fourth-order valence-electron chi connectivity index (χ4n) is 15.6. The van der Waals surface area contributed by atoms with Gasteiger partial charge in [-0.05, 0) is 92.7 Å². The number of ketones is 2. The van der Waals surface area contributed by atoms with Crippen LogP contribution in [-0.2, 0) is 68.5 Å². The van der Waals surface area contributed by atoms with Gasteiger partial charge in [0, 0.05) is 92.6 Å². The maximum atomic E-state index is 14.2. The minimum Gasteiger partial charge on any atom is -0.480 e. The predicted octanol–water partition coefficient (Wildman–Crippen LogP) is 9.86. The third-order valence-electron chi connectivity index (χ3n) is 21.9. The molecule has 0 radical (unpaired) electrons. The van der Waals surface area contributed by atoms with Crippen molar-refractivity contribution in [3.05, 3.63) is 71.8 Å². The molecular formula is C80H133N7O15. The molecule has 2 aliphatic heterocycles. The normalized spacial score (nSPS) is 19.6. The van der Waals surface area contributed by atoms with Crippen LogP contribution in [0, 0.1) is 65.1 Å². The summed E-state index contributed by atoms with van der Waals surface area (Å²) in [6.45, 7) is 32.3. The van der Waals surface area contributed by atoms with E-state index < -0.39 is 96.3 Å². The molecule has 2 saturated heterocycles. The number of ether oxygens (including phenoxy) is 4. The second kappa shape index (κ2) is 43.9. The van der Waals surface area contributed by atoms with Crippen LogP contribution >= 0.6 is 0 Å². The number of likely N-dealkylation sites (N-methyl/N-ethyl adjacent to an activating group) is 3. The lowest BCUT2D eigenvalue weighted by molar-refractivity contribution is -0.149. The van der Waals surface area contributed by atoms with Crippen LogP contribution in [0.5, 0.6) is 0 Å². The fraction of sp³-hybridized carbons (Fsp3) is 0.738. The summed E-state index contributed by atoms with van der Waals surface area (Å²) >= 11 is 0. The Morgan fingerprint density at radius 2 is 0.951 bits per heavy atom. The summed E-state index contributed by atoms with van der Waals surface area (Å²) in [5.41, 5.74) is 1.50. The lowest BCUT2D eigenvalue weighted by Gasteiger charge is -2.41. The number of likely N-dealkylation sites (tertiary alicyclic amines) is 2. The SMILES string of the molecule is CC[C@H](C(=O)C[C@H](C(=O)N(C)[C@@H](C(C)C)C(CC(=O)N1CCC[C@H]1[C@H](OC)[C@@H](C)C(=O)N[C@H](C)[C@@H](O)c1ccccc1)OC)C(C)C)C(C)C.CC[C@H](C)[C@@H](C(CC(=O)N1CCC[C@H]1[C@H](OC)[C@@H](C)C(=O)N[C@@H](Cc1ccccc1)C(=O)O)OC)N(C)C(=O)[C@@H](CC(=O)[C@@H](NC)C(C)C)C(C)C. The van der Waals surface area contributed by atoms with Gasteiger partial charge >= 0.3 is 5.97 Å². The number of hydrogen-bond donors (Lipinski definition) is 5. The number of carbonyl (C=O) groups is 9. The first-order valence-electron chi connectivity index (χ1n) is 37.6. The number of benzene rings is 2. The summed E-state index contributed by atoms with van der Waals surface area (Å²) in [5, 5.41) is 29.4. The summed E-state index contributed by atoms with van der Waals surface area (Å²) in [4.78, 5) is 129. The Balaban J connectivity index is 0.000000531. The van der Waals surface area contributed by atoms with E-state index in [1.165, 1.54) is 7.11 Å². The highest BCUT2D eigenvalue weighted by atomic mass is 16.5. The van der Waals surface area contributed by atoms with Gasteiger partial charge in [-0.15, -0.1) is 0 Å². The number of methoxy groups -OCH3 is 4. The zero-order chi connectivity index (χ0) is 77.2. The standard InChI is InChI=1S/C40H66N4O8.C40H67N3O7/c1-12-26(6)36(43(9)39(48)29(24(2)3)22-32(45)35(41-8)25(4)5)33(51-10)23-34(46)44-20-16-19-31(44)37(52-11)27(7)38(47)42-30(40(49)50)21-28-17-14-13-15-18-28;1-13-30(24(2)3)33(44)22-31(25(4)5)40(48)42(10)36(26(6)7)34(49-11)23-35(45)43-21-17-20-32(43)38(50-12)27(8)39(47)41-28(9)37(46)29-18-15-14-16-19-29/h13-15,17-18,24-27,29-31,33,35-37,41H,12,16,19-23H2,1-11H3,(H,42,47)(H,49,50);14-16,18-19,24-28,30-32,34,36-38,46H,13,17,20-23H2,1-12H3,(H,41,47)/t26-,27+,29-,30-,31-,33?,35-,36-,37+;27-,28-,30+,31+,32+,34?,36+,37-,38-/m01/s1. The van der Waals surface area contributed by atoms with Gasteiger partial charge < -0.3 is 64.7 Å². The van der Waals surface area contributed by atoms with Gasteiger partial charge in [0.15, 0.2) is 5.78 Å². The largest absolute Gasteiger partial charge is 0.480 e. The molecule has 5 N–H and O–H groups in total. The molecule has 22 heteroatoms. The van der Waals surface area contributed by atoms with E-state index in [1.807, 2.05) is 151 Å². The molecule has 4 rings (SSSR count). The molecule has 0 spiro atoms. The van der Waals surface area contributed by atoms with Crippen molar-refractivity contribution in [2.75, 3.05) is 62.7 Å². The van der Waals surface area contributed by atoms with Crippen molar-refractivity contribution in [3.8, 4) is 0 Å². The molecule has 578 valence electrons. The number of aliphatic hydroxyl groups is 1. The topological polar surface area (TPSA) is 280 Å². The van der Waals surface area contributed by atoms with E-state index >= 15 is 0 Å². The van der Waals surface area contributed by atoms with Crippen molar-refractivity contribution in [1.29, 1.82) is 0 Å². The number of amides is 6. The number of carboxylic acid groups (broad SMARTS) is 1. The monoisotopic (exact) mass is 1430 g/mol. The van der Waals surface area contributed by atoms with Crippen LogP contribution in [0.1, 0.15) is 192 Å². The third-order valence-corrected chi connectivity index (χ3v) is 21.9. The number of aliphatic carboxylic acids is 1. The van der Waals surface area contributed by atoms with Gasteiger partial charge in [0.05, 0.1) is 91.4 Å². The number of nitrogens with one attached hydrogen (secondary N) is 3. The van der Waals surface area contributed by atoms with Crippen molar-refractivity contribution >= 4 is 53.0 Å². The third kappa shape index (κ3) is 25.0. The Morgan fingerprint density at radius 1 is 0.529 bits per heavy atom. The molecule has 2 fully saturated rings. The molecule has 0 saturated carbocycles. The van der Waals surface area contributed by atoms with Crippen LogP contribution in [0.25, 0.3) is 0 Å². The van der Waals surface area contributed by atoms with E-state index in [2.05, 4.69) is 16.0 Å². The average Bonchev–Trinajstić information content (AvgIpc) is 1.48. The summed E-state index contributed by atoms with van der Waals surface area (Å²) < 4.78 is 23.7. The molecule has 2 aromatic rings. The van der Waals surface area contributed by atoms with Crippen molar-refractivity contribution in [3.63, 3.8) is 0 Å². The first-order valence-corrected chi connectivity index (χ1v) is 37.6. The van der Waals surface area contributed by atoms with E-state index in [4.69, 9.17) is 18.9 Å². The minimum atomic E-state index is -1.13. The van der Waals surface area contributed by atoms with E-state index in [0.717, 1.165) is 31.2 Å². The van der Waals surface area contributed by atoms with Gasteiger partial charge in [-0.3, -0.25) is 38.4 Å². The quantitative estimate of drug-likeness (QED) is 0.0413. The van der Waals surface area contributed by atoms with E-state index in [9.17, 15) is 53.4 Å². The molecule has 2 heterocycles. The molecule has 2 unspecified atom stereocenters. The summed E-state index contributed by atoms with van der Waals surface area (Å²) in [6, 6.07) is 14.7. The summed E-state index contributed by atoms with van der Waals surface area (Å²) in [5.74, 6) is -4.55. The molecule has 0 bridgehead atoms. The summed E-state index contributed by atoms with van der Waals surface area (Å²) in [6.07, 6.45) is 1.49. The second-order valence-electron chi connectivity index (χ2n) is 30.6. The first kappa shape index (κ1) is 90.0.